The molecule has 0 fully saturated rings. The number of aromatic nitrogens is 1. The van der Waals surface area contributed by atoms with Crippen LogP contribution in [0.5, 0.6) is 0 Å². The maximum absolute atomic E-state index is 12.3. The number of aliphatic hydroxyl groups excluding tert-OH is 1. The van der Waals surface area contributed by atoms with E-state index >= 15 is 0 Å². The highest BCUT2D eigenvalue weighted by Gasteiger charge is 2.24. The number of oxazole rings is 1. The van der Waals surface area contributed by atoms with Crippen molar-refractivity contribution in [2.45, 2.75) is 46.1 Å². The summed E-state index contributed by atoms with van der Waals surface area (Å²) in [4.78, 5) is 16.6. The van der Waals surface area contributed by atoms with Gasteiger partial charge in [-0.15, -0.1) is 0 Å². The number of anilines is 1. The van der Waals surface area contributed by atoms with Crippen molar-refractivity contribution in [1.29, 1.82) is 0 Å². The number of benzene rings is 1. The number of hydrogen-bond acceptors (Lipinski definition) is 4. The van der Waals surface area contributed by atoms with Crippen LogP contribution in [-0.4, -0.2) is 28.3 Å². The van der Waals surface area contributed by atoms with Gasteiger partial charge < -0.3 is 20.2 Å². The molecule has 2 rings (SSSR count). The van der Waals surface area contributed by atoms with Gasteiger partial charge in [0.15, 0.2) is 0 Å². The largest absolute Gasteiger partial charge is 0.444 e. The maximum Gasteiger partial charge on any atom is 0.319 e. The highest BCUT2D eigenvalue weighted by atomic mass is 16.3. The summed E-state index contributed by atoms with van der Waals surface area (Å²) in [6, 6.07) is 5.29. The number of urea groups is 1. The summed E-state index contributed by atoms with van der Waals surface area (Å²) in [5.41, 5.74) is 2.57. The molecule has 0 saturated heterocycles. The van der Waals surface area contributed by atoms with Gasteiger partial charge in [0.25, 0.3) is 0 Å². The van der Waals surface area contributed by atoms with Crippen LogP contribution in [-0.2, 0) is 0 Å². The zero-order valence-corrected chi connectivity index (χ0v) is 14.6. The van der Waals surface area contributed by atoms with Crippen LogP contribution < -0.4 is 10.6 Å². The Bertz CT molecular complexity index is 711. The molecule has 3 N–H and O–H groups in total. The first-order valence-electron chi connectivity index (χ1n) is 8.10. The monoisotopic (exact) mass is 331 g/mol. The van der Waals surface area contributed by atoms with Crippen molar-refractivity contribution in [2.75, 3.05) is 11.9 Å². The number of nitrogens with one attached hydrogen (secondary N) is 2. The SMILES string of the molecule is CCCC(C)(CO)NC(=O)Nc1cc(-c2nc(C)co2)ccc1C. The summed E-state index contributed by atoms with van der Waals surface area (Å²) in [5.74, 6) is 0.516. The molecule has 1 unspecified atom stereocenters. The van der Waals surface area contributed by atoms with Crippen LogP contribution in [0.2, 0.25) is 0 Å². The summed E-state index contributed by atoms with van der Waals surface area (Å²) in [7, 11) is 0. The third kappa shape index (κ3) is 4.35. The topological polar surface area (TPSA) is 87.4 Å². The summed E-state index contributed by atoms with van der Waals surface area (Å²) in [6.45, 7) is 7.51. The van der Waals surface area contributed by atoms with Gasteiger partial charge in [0, 0.05) is 11.3 Å². The Kier molecular flexibility index (Phi) is 5.62. The number of aryl methyl sites for hydroxylation is 2. The number of rotatable bonds is 6. The molecule has 0 bridgehead atoms. The molecule has 24 heavy (non-hydrogen) atoms. The molecule has 1 atom stereocenters. The lowest BCUT2D eigenvalue weighted by atomic mass is 9.97. The molecular weight excluding hydrogens is 306 g/mol. The molecule has 0 spiro atoms. The number of amides is 2. The van der Waals surface area contributed by atoms with Gasteiger partial charge in [0.05, 0.1) is 17.8 Å². The van der Waals surface area contributed by atoms with E-state index in [1.54, 1.807) is 6.26 Å². The Morgan fingerprint density at radius 2 is 2.12 bits per heavy atom. The molecule has 2 aromatic rings. The minimum atomic E-state index is -0.635. The van der Waals surface area contributed by atoms with Crippen LogP contribution in [0, 0.1) is 13.8 Å². The molecule has 1 aromatic carbocycles. The summed E-state index contributed by atoms with van der Waals surface area (Å²) >= 11 is 0. The molecule has 0 aliphatic carbocycles. The van der Waals surface area contributed by atoms with Crippen LogP contribution in [0.4, 0.5) is 10.5 Å². The molecule has 0 aliphatic rings. The number of aliphatic hydroxyl groups is 1. The number of hydrogen-bond donors (Lipinski definition) is 3. The van der Waals surface area contributed by atoms with Crippen molar-refractivity contribution in [1.82, 2.24) is 10.3 Å². The standard InChI is InChI=1S/C18H25N3O3/c1-5-8-18(4,11-22)21-17(23)20-15-9-14(7-6-12(15)2)16-19-13(3)10-24-16/h6-7,9-10,22H,5,8,11H2,1-4H3,(H2,20,21,23). The molecule has 130 valence electrons. The number of carbonyl (C=O) groups excluding carboxylic acids is 1. The average Bonchev–Trinajstić information content (AvgIpc) is 2.96. The third-order valence-electron chi connectivity index (χ3n) is 3.92. The fraction of sp³-hybridized carbons (Fsp3) is 0.444. The first-order valence-corrected chi connectivity index (χ1v) is 8.10. The molecule has 0 aliphatic heterocycles. The summed E-state index contributed by atoms with van der Waals surface area (Å²) in [5, 5.41) is 15.2. The van der Waals surface area contributed by atoms with Crippen LogP contribution in [0.25, 0.3) is 11.5 Å². The first-order chi connectivity index (χ1) is 11.4. The van der Waals surface area contributed by atoms with E-state index in [9.17, 15) is 9.90 Å². The van der Waals surface area contributed by atoms with Gasteiger partial charge in [-0.1, -0.05) is 19.4 Å². The fourth-order valence-corrected chi connectivity index (χ4v) is 2.54. The van der Waals surface area contributed by atoms with Crippen LogP contribution >= 0.6 is 0 Å². The second kappa shape index (κ2) is 7.49. The lowest BCUT2D eigenvalue weighted by Gasteiger charge is -2.28. The van der Waals surface area contributed by atoms with E-state index in [2.05, 4.69) is 15.6 Å². The summed E-state index contributed by atoms with van der Waals surface area (Å²) in [6.07, 6.45) is 3.16. The van der Waals surface area contributed by atoms with E-state index < -0.39 is 5.54 Å². The van der Waals surface area contributed by atoms with Gasteiger partial charge >= 0.3 is 6.03 Å². The van der Waals surface area contributed by atoms with E-state index in [1.807, 2.05) is 45.9 Å². The molecule has 0 saturated carbocycles. The lowest BCUT2D eigenvalue weighted by molar-refractivity contribution is 0.167. The van der Waals surface area contributed by atoms with Crippen LogP contribution in [0.3, 0.4) is 0 Å². The zero-order chi connectivity index (χ0) is 17.7. The molecule has 1 heterocycles. The van der Waals surface area contributed by atoms with Crippen molar-refractivity contribution in [3.8, 4) is 11.5 Å². The molecular formula is C18H25N3O3. The molecule has 1 aromatic heterocycles. The van der Waals surface area contributed by atoms with Gasteiger partial charge in [-0.05, 0) is 44.9 Å². The van der Waals surface area contributed by atoms with E-state index in [1.165, 1.54) is 0 Å². The Morgan fingerprint density at radius 3 is 2.71 bits per heavy atom. The highest BCUT2D eigenvalue weighted by Crippen LogP contribution is 2.25. The fourth-order valence-electron chi connectivity index (χ4n) is 2.54. The van der Waals surface area contributed by atoms with E-state index in [4.69, 9.17) is 4.42 Å². The first kappa shape index (κ1) is 18.0. The third-order valence-corrected chi connectivity index (χ3v) is 3.92. The average molecular weight is 331 g/mol. The van der Waals surface area contributed by atoms with E-state index in [0.717, 1.165) is 23.2 Å². The molecule has 6 heteroatoms. The Balaban J connectivity index is 2.15. The molecule has 2 amide bonds. The van der Waals surface area contributed by atoms with Crippen molar-refractivity contribution in [3.05, 3.63) is 35.7 Å². The van der Waals surface area contributed by atoms with Crippen molar-refractivity contribution in [3.63, 3.8) is 0 Å². The van der Waals surface area contributed by atoms with Crippen molar-refractivity contribution < 1.29 is 14.3 Å². The Hall–Kier alpha value is -2.34. The zero-order valence-electron chi connectivity index (χ0n) is 14.6. The van der Waals surface area contributed by atoms with E-state index in [0.29, 0.717) is 18.0 Å². The molecule has 0 radical (unpaired) electrons. The molecule has 6 nitrogen and oxygen atoms in total. The van der Waals surface area contributed by atoms with Gasteiger partial charge in [-0.2, -0.15) is 0 Å². The van der Waals surface area contributed by atoms with Crippen molar-refractivity contribution in [2.24, 2.45) is 0 Å². The van der Waals surface area contributed by atoms with Gasteiger partial charge in [-0.3, -0.25) is 0 Å². The predicted molar refractivity (Wildman–Crippen MR) is 94.0 cm³/mol. The quantitative estimate of drug-likeness (QED) is 0.754. The van der Waals surface area contributed by atoms with Crippen LogP contribution in [0.1, 0.15) is 37.9 Å². The normalized spacial score (nSPS) is 13.4. The highest BCUT2D eigenvalue weighted by molar-refractivity contribution is 5.91. The minimum absolute atomic E-state index is 0.108. The Morgan fingerprint density at radius 1 is 1.38 bits per heavy atom. The van der Waals surface area contributed by atoms with Crippen LogP contribution in [0.15, 0.2) is 28.9 Å². The smallest absolute Gasteiger partial charge is 0.319 e. The lowest BCUT2D eigenvalue weighted by Crippen LogP contribution is -2.50. The minimum Gasteiger partial charge on any atom is -0.444 e. The van der Waals surface area contributed by atoms with Gasteiger partial charge in [0.1, 0.15) is 6.26 Å². The summed E-state index contributed by atoms with van der Waals surface area (Å²) < 4.78 is 5.41. The Labute approximate surface area is 142 Å². The number of carbonyl (C=O) groups is 1. The van der Waals surface area contributed by atoms with Gasteiger partial charge in [-0.25, -0.2) is 9.78 Å². The number of nitrogens with zero attached hydrogens (tertiary/aromatic N) is 1. The second-order valence-corrected chi connectivity index (χ2v) is 6.37. The van der Waals surface area contributed by atoms with Gasteiger partial charge in [0.2, 0.25) is 5.89 Å². The van der Waals surface area contributed by atoms with E-state index in [-0.39, 0.29) is 12.6 Å². The second-order valence-electron chi connectivity index (χ2n) is 6.37. The maximum atomic E-state index is 12.3. The van der Waals surface area contributed by atoms with Crippen molar-refractivity contribution >= 4 is 11.7 Å². The predicted octanol–water partition coefficient (Wildman–Crippen LogP) is 3.63.